The number of nitrogens with one attached hydrogen (secondary N) is 1. The number of hydrogen-bond donors (Lipinski definition) is 1. The van der Waals surface area contributed by atoms with E-state index in [0.717, 1.165) is 22.4 Å². The molecule has 19 heavy (non-hydrogen) atoms. The number of hydrogen-bond acceptors (Lipinski definition) is 2. The van der Waals surface area contributed by atoms with Gasteiger partial charge in [0.2, 0.25) is 0 Å². The second-order valence-electron chi connectivity index (χ2n) is 4.94. The van der Waals surface area contributed by atoms with Crippen LogP contribution in [0.15, 0.2) is 35.1 Å². The zero-order chi connectivity index (χ0) is 14.0. The minimum absolute atomic E-state index is 0.0345. The van der Waals surface area contributed by atoms with Gasteiger partial charge in [-0.3, -0.25) is 4.79 Å². The van der Waals surface area contributed by atoms with Gasteiger partial charge in [0.05, 0.1) is 11.6 Å². The number of benzene rings is 1. The van der Waals surface area contributed by atoms with Crippen molar-refractivity contribution < 1.29 is 0 Å². The highest BCUT2D eigenvalue weighted by atomic mass is 16.1. The second-order valence-corrected chi connectivity index (χ2v) is 4.94. The Morgan fingerprint density at radius 2 is 2.00 bits per heavy atom. The average Bonchev–Trinajstić information content (AvgIpc) is 2.38. The topological polar surface area (TPSA) is 56.6 Å². The highest BCUT2D eigenvalue weighted by molar-refractivity contribution is 5.68. The van der Waals surface area contributed by atoms with Crippen molar-refractivity contribution in [3.05, 3.63) is 57.5 Å². The third-order valence-electron chi connectivity index (χ3n) is 3.19. The van der Waals surface area contributed by atoms with Gasteiger partial charge in [-0.15, -0.1) is 0 Å². The Bertz CT molecular complexity index is 705. The van der Waals surface area contributed by atoms with E-state index in [2.05, 4.69) is 11.1 Å². The lowest BCUT2D eigenvalue weighted by Crippen LogP contribution is -2.15. The summed E-state index contributed by atoms with van der Waals surface area (Å²) < 4.78 is 0. The molecular weight excluding hydrogens is 236 g/mol. The van der Waals surface area contributed by atoms with Gasteiger partial charge in [-0.05, 0) is 36.6 Å². The smallest absolute Gasteiger partial charge is 0.251 e. The molecule has 0 aliphatic carbocycles. The minimum atomic E-state index is -0.0345. The predicted octanol–water partition coefficient (Wildman–Crippen LogP) is 3.35. The standard InChI is InChI=1S/C16H16N2O/c1-10(2)14-8-15(11(3)18-16(14)19)13-6-4-5-12(7-13)9-17/h4-8,10H,1-3H3,(H,18,19). The molecule has 0 aliphatic rings. The Hall–Kier alpha value is -2.34. The number of nitrogens with zero attached hydrogens (tertiary/aromatic N) is 1. The summed E-state index contributed by atoms with van der Waals surface area (Å²) >= 11 is 0. The Morgan fingerprint density at radius 3 is 2.63 bits per heavy atom. The number of aryl methyl sites for hydroxylation is 1. The second kappa shape index (κ2) is 5.11. The summed E-state index contributed by atoms with van der Waals surface area (Å²) in [4.78, 5) is 14.8. The van der Waals surface area contributed by atoms with Gasteiger partial charge in [-0.25, -0.2) is 0 Å². The number of H-pyrrole nitrogens is 1. The van der Waals surface area contributed by atoms with Crippen molar-refractivity contribution in [3.8, 4) is 17.2 Å². The van der Waals surface area contributed by atoms with Crippen LogP contribution in [0.1, 0.15) is 36.6 Å². The summed E-state index contributed by atoms with van der Waals surface area (Å²) in [6.07, 6.45) is 0. The molecule has 0 spiro atoms. The Morgan fingerprint density at radius 1 is 1.26 bits per heavy atom. The molecule has 0 aliphatic heterocycles. The molecule has 2 rings (SSSR count). The fourth-order valence-electron chi connectivity index (χ4n) is 2.12. The minimum Gasteiger partial charge on any atom is -0.326 e. The first kappa shape index (κ1) is 13.1. The summed E-state index contributed by atoms with van der Waals surface area (Å²) in [7, 11) is 0. The van der Waals surface area contributed by atoms with Crippen LogP contribution >= 0.6 is 0 Å². The van der Waals surface area contributed by atoms with Gasteiger partial charge in [0.1, 0.15) is 0 Å². The Balaban J connectivity index is 2.65. The number of nitriles is 1. The molecule has 0 saturated heterocycles. The molecule has 0 saturated carbocycles. The molecule has 0 unspecified atom stereocenters. The van der Waals surface area contributed by atoms with Crippen molar-refractivity contribution in [2.24, 2.45) is 0 Å². The quantitative estimate of drug-likeness (QED) is 0.891. The molecule has 0 amide bonds. The SMILES string of the molecule is Cc1[nH]c(=O)c(C(C)C)cc1-c1cccc(C#N)c1. The van der Waals surface area contributed by atoms with E-state index < -0.39 is 0 Å². The molecule has 1 N–H and O–H groups in total. The molecule has 0 atom stereocenters. The third kappa shape index (κ3) is 2.58. The van der Waals surface area contributed by atoms with Gasteiger partial charge in [0, 0.05) is 16.8 Å². The van der Waals surface area contributed by atoms with Crippen molar-refractivity contribution in [2.75, 3.05) is 0 Å². The van der Waals surface area contributed by atoms with E-state index in [0.29, 0.717) is 5.56 Å². The maximum absolute atomic E-state index is 11.9. The van der Waals surface area contributed by atoms with E-state index in [1.54, 1.807) is 6.07 Å². The number of aromatic nitrogens is 1. The maximum atomic E-state index is 11.9. The lowest BCUT2D eigenvalue weighted by molar-refractivity contribution is 0.841. The molecule has 0 fully saturated rings. The largest absolute Gasteiger partial charge is 0.326 e. The van der Waals surface area contributed by atoms with Crippen molar-refractivity contribution in [2.45, 2.75) is 26.7 Å². The van der Waals surface area contributed by atoms with E-state index in [1.807, 2.05) is 45.0 Å². The van der Waals surface area contributed by atoms with Gasteiger partial charge >= 0.3 is 0 Å². The first-order chi connectivity index (χ1) is 9.02. The lowest BCUT2D eigenvalue weighted by Gasteiger charge is -2.11. The third-order valence-corrected chi connectivity index (χ3v) is 3.19. The van der Waals surface area contributed by atoms with Gasteiger partial charge in [0.25, 0.3) is 5.56 Å². The maximum Gasteiger partial charge on any atom is 0.251 e. The fraction of sp³-hybridized carbons (Fsp3) is 0.250. The molecule has 3 nitrogen and oxygen atoms in total. The van der Waals surface area contributed by atoms with Crippen LogP contribution in [0.2, 0.25) is 0 Å². The highest BCUT2D eigenvalue weighted by Crippen LogP contribution is 2.24. The van der Waals surface area contributed by atoms with Crippen LogP contribution in [0.4, 0.5) is 0 Å². The van der Waals surface area contributed by atoms with E-state index in [-0.39, 0.29) is 11.5 Å². The van der Waals surface area contributed by atoms with Gasteiger partial charge in [-0.1, -0.05) is 26.0 Å². The van der Waals surface area contributed by atoms with Crippen LogP contribution < -0.4 is 5.56 Å². The van der Waals surface area contributed by atoms with Crippen LogP contribution in [0.25, 0.3) is 11.1 Å². The van der Waals surface area contributed by atoms with Crippen LogP contribution in [0.5, 0.6) is 0 Å². The Kier molecular flexibility index (Phi) is 3.52. The molecule has 1 heterocycles. The van der Waals surface area contributed by atoms with Crippen LogP contribution in [0.3, 0.4) is 0 Å². The number of pyridine rings is 1. The molecular formula is C16H16N2O. The van der Waals surface area contributed by atoms with E-state index in [9.17, 15) is 4.79 Å². The number of rotatable bonds is 2. The van der Waals surface area contributed by atoms with E-state index in [4.69, 9.17) is 5.26 Å². The number of aromatic amines is 1. The van der Waals surface area contributed by atoms with Crippen molar-refractivity contribution >= 4 is 0 Å². The molecule has 3 heteroatoms. The molecule has 1 aromatic carbocycles. The van der Waals surface area contributed by atoms with Crippen LogP contribution in [-0.4, -0.2) is 4.98 Å². The van der Waals surface area contributed by atoms with Gasteiger partial charge < -0.3 is 4.98 Å². The summed E-state index contributed by atoms with van der Waals surface area (Å²) in [6, 6.07) is 11.5. The molecule has 96 valence electrons. The monoisotopic (exact) mass is 252 g/mol. The zero-order valence-corrected chi connectivity index (χ0v) is 11.3. The lowest BCUT2D eigenvalue weighted by atomic mass is 9.97. The first-order valence-electron chi connectivity index (χ1n) is 6.27. The normalized spacial score (nSPS) is 10.5. The van der Waals surface area contributed by atoms with E-state index >= 15 is 0 Å². The van der Waals surface area contributed by atoms with Crippen molar-refractivity contribution in [1.29, 1.82) is 5.26 Å². The van der Waals surface area contributed by atoms with Gasteiger partial charge in [0.15, 0.2) is 0 Å². The average molecular weight is 252 g/mol. The van der Waals surface area contributed by atoms with Crippen molar-refractivity contribution in [1.82, 2.24) is 4.98 Å². The van der Waals surface area contributed by atoms with Crippen LogP contribution in [-0.2, 0) is 0 Å². The Labute approximate surface area is 112 Å². The summed E-state index contributed by atoms with van der Waals surface area (Å²) in [5.74, 6) is 0.169. The molecule has 0 radical (unpaired) electrons. The molecule has 0 bridgehead atoms. The molecule has 1 aromatic heterocycles. The highest BCUT2D eigenvalue weighted by Gasteiger charge is 2.10. The first-order valence-corrected chi connectivity index (χ1v) is 6.27. The fourth-order valence-corrected chi connectivity index (χ4v) is 2.12. The zero-order valence-electron chi connectivity index (χ0n) is 11.3. The molecule has 2 aromatic rings. The van der Waals surface area contributed by atoms with E-state index in [1.165, 1.54) is 0 Å². The van der Waals surface area contributed by atoms with Crippen molar-refractivity contribution in [3.63, 3.8) is 0 Å². The summed E-state index contributed by atoms with van der Waals surface area (Å²) in [5.41, 5.74) is 4.10. The van der Waals surface area contributed by atoms with Crippen LogP contribution in [0, 0.1) is 18.3 Å². The van der Waals surface area contributed by atoms with Gasteiger partial charge in [-0.2, -0.15) is 5.26 Å². The predicted molar refractivity (Wildman–Crippen MR) is 76.0 cm³/mol. The summed E-state index contributed by atoms with van der Waals surface area (Å²) in [5, 5.41) is 8.96. The summed E-state index contributed by atoms with van der Waals surface area (Å²) in [6.45, 7) is 5.87.